The first-order valence-corrected chi connectivity index (χ1v) is 6.21. The second-order valence-corrected chi connectivity index (χ2v) is 4.48. The van der Waals surface area contributed by atoms with Crippen molar-refractivity contribution in [3.8, 4) is 0 Å². The summed E-state index contributed by atoms with van der Waals surface area (Å²) >= 11 is 12.1. The van der Waals surface area contributed by atoms with E-state index >= 15 is 0 Å². The van der Waals surface area contributed by atoms with E-state index in [1.807, 2.05) is 24.3 Å². The van der Waals surface area contributed by atoms with Crippen LogP contribution < -0.4 is 5.32 Å². The fourth-order valence-corrected chi connectivity index (χ4v) is 2.10. The first kappa shape index (κ1) is 13.6. The summed E-state index contributed by atoms with van der Waals surface area (Å²) in [7, 11) is 0. The normalized spacial score (nSPS) is 12.4. The molecule has 88 valence electrons. The molecule has 1 atom stereocenters. The molecule has 1 aromatic carbocycles. The lowest BCUT2D eigenvalue weighted by molar-refractivity contribution is 0.530. The van der Waals surface area contributed by atoms with Crippen LogP contribution in [0.1, 0.15) is 18.9 Å². The van der Waals surface area contributed by atoms with Crippen LogP contribution in [0.3, 0.4) is 0 Å². The van der Waals surface area contributed by atoms with Crippen molar-refractivity contribution in [3.63, 3.8) is 0 Å². The highest BCUT2D eigenvalue weighted by Gasteiger charge is 2.10. The van der Waals surface area contributed by atoms with Crippen molar-refractivity contribution in [1.29, 1.82) is 0 Å². The molecule has 0 fully saturated rings. The van der Waals surface area contributed by atoms with Gasteiger partial charge >= 0.3 is 0 Å². The highest BCUT2D eigenvalue weighted by atomic mass is 35.5. The minimum absolute atomic E-state index is 0.374. The fraction of sp³-hybridized carbons (Fsp3) is 0.385. The smallest absolute Gasteiger partial charge is 0.0624 e. The van der Waals surface area contributed by atoms with Crippen LogP contribution in [0.4, 0.5) is 0 Å². The molecule has 1 unspecified atom stereocenters. The summed E-state index contributed by atoms with van der Waals surface area (Å²) in [6, 6.07) is 6.13. The van der Waals surface area contributed by atoms with Crippen molar-refractivity contribution in [3.05, 3.63) is 46.5 Å². The predicted octanol–water partition coefficient (Wildman–Crippen LogP) is 4.09. The van der Waals surface area contributed by atoms with Crippen molar-refractivity contribution in [2.75, 3.05) is 6.54 Å². The molecule has 0 heterocycles. The van der Waals surface area contributed by atoms with Gasteiger partial charge in [-0.15, -0.1) is 6.58 Å². The number of nitrogens with one attached hydrogen (secondary N) is 1. The van der Waals surface area contributed by atoms with E-state index < -0.39 is 0 Å². The fourth-order valence-electron chi connectivity index (χ4n) is 1.70. The standard InChI is InChI=1S/C13H17Cl2N/c1-3-6-11(16-4-2)9-10-7-5-8-12(14)13(10)15/h3,5,7-8,11,16H,1,4,6,9H2,2H3. The lowest BCUT2D eigenvalue weighted by atomic mass is 10.0. The molecule has 1 aromatic rings. The Balaban J connectivity index is 2.76. The molecule has 3 heteroatoms. The van der Waals surface area contributed by atoms with E-state index in [-0.39, 0.29) is 0 Å². The van der Waals surface area contributed by atoms with E-state index in [9.17, 15) is 0 Å². The highest BCUT2D eigenvalue weighted by Crippen LogP contribution is 2.26. The van der Waals surface area contributed by atoms with Crippen molar-refractivity contribution < 1.29 is 0 Å². The van der Waals surface area contributed by atoms with Crippen molar-refractivity contribution in [1.82, 2.24) is 5.32 Å². The van der Waals surface area contributed by atoms with Gasteiger partial charge in [-0.25, -0.2) is 0 Å². The van der Waals surface area contributed by atoms with Crippen LogP contribution in [-0.2, 0) is 6.42 Å². The molecule has 0 aliphatic rings. The summed E-state index contributed by atoms with van der Waals surface area (Å²) in [6.07, 6.45) is 3.72. The second kappa shape index (κ2) is 6.95. The number of hydrogen-bond acceptors (Lipinski definition) is 1. The maximum atomic E-state index is 6.15. The van der Waals surface area contributed by atoms with Crippen LogP contribution in [0.15, 0.2) is 30.9 Å². The average Bonchev–Trinajstić information content (AvgIpc) is 2.25. The van der Waals surface area contributed by atoms with Gasteiger partial charge < -0.3 is 5.32 Å². The highest BCUT2D eigenvalue weighted by molar-refractivity contribution is 6.42. The Morgan fingerprint density at radius 2 is 2.19 bits per heavy atom. The second-order valence-electron chi connectivity index (χ2n) is 3.70. The van der Waals surface area contributed by atoms with Gasteiger partial charge in [-0.1, -0.05) is 48.3 Å². The molecule has 1 N–H and O–H groups in total. The molecular weight excluding hydrogens is 241 g/mol. The number of rotatable bonds is 6. The topological polar surface area (TPSA) is 12.0 Å². The largest absolute Gasteiger partial charge is 0.314 e. The monoisotopic (exact) mass is 257 g/mol. The molecule has 0 aliphatic carbocycles. The number of hydrogen-bond donors (Lipinski definition) is 1. The minimum atomic E-state index is 0.374. The third-order valence-electron chi connectivity index (χ3n) is 2.44. The predicted molar refractivity (Wildman–Crippen MR) is 72.4 cm³/mol. The Kier molecular flexibility index (Phi) is 5.89. The van der Waals surface area contributed by atoms with E-state index in [1.54, 1.807) is 0 Å². The van der Waals surface area contributed by atoms with Crippen LogP contribution in [-0.4, -0.2) is 12.6 Å². The van der Waals surface area contributed by atoms with E-state index in [4.69, 9.17) is 23.2 Å². The average molecular weight is 258 g/mol. The van der Waals surface area contributed by atoms with Crippen molar-refractivity contribution >= 4 is 23.2 Å². The molecule has 0 bridgehead atoms. The molecular formula is C13H17Cl2N. The van der Waals surface area contributed by atoms with E-state index in [0.717, 1.165) is 24.9 Å². The Bertz CT molecular complexity index is 350. The lowest BCUT2D eigenvalue weighted by Crippen LogP contribution is -2.30. The molecule has 0 aromatic heterocycles. The Hall–Kier alpha value is -0.500. The Morgan fingerprint density at radius 3 is 2.81 bits per heavy atom. The Labute approximate surface area is 107 Å². The molecule has 0 radical (unpaired) electrons. The van der Waals surface area contributed by atoms with Gasteiger partial charge in [0.1, 0.15) is 0 Å². The third kappa shape index (κ3) is 3.82. The maximum Gasteiger partial charge on any atom is 0.0624 e. The quantitative estimate of drug-likeness (QED) is 0.758. The number of likely N-dealkylation sites (N-methyl/N-ethyl adjacent to an activating group) is 1. The summed E-state index contributed by atoms with van der Waals surface area (Å²) in [5.41, 5.74) is 1.09. The van der Waals surface area contributed by atoms with Gasteiger partial charge in [-0.3, -0.25) is 0 Å². The van der Waals surface area contributed by atoms with Gasteiger partial charge in [0.25, 0.3) is 0 Å². The van der Waals surface area contributed by atoms with Crippen LogP contribution in [0, 0.1) is 0 Å². The van der Waals surface area contributed by atoms with Gasteiger partial charge in [-0.2, -0.15) is 0 Å². The lowest BCUT2D eigenvalue weighted by Gasteiger charge is -2.17. The molecule has 0 saturated carbocycles. The first-order valence-electron chi connectivity index (χ1n) is 5.46. The van der Waals surface area contributed by atoms with Gasteiger partial charge in [0, 0.05) is 6.04 Å². The summed E-state index contributed by atoms with van der Waals surface area (Å²) in [4.78, 5) is 0. The minimum Gasteiger partial charge on any atom is -0.314 e. The number of benzene rings is 1. The van der Waals surface area contributed by atoms with E-state index in [0.29, 0.717) is 16.1 Å². The molecule has 1 nitrogen and oxygen atoms in total. The van der Waals surface area contributed by atoms with Gasteiger partial charge in [-0.05, 0) is 31.0 Å². The molecule has 0 amide bonds. The van der Waals surface area contributed by atoms with Gasteiger partial charge in [0.05, 0.1) is 10.0 Å². The third-order valence-corrected chi connectivity index (χ3v) is 3.30. The molecule has 1 rings (SSSR count). The number of halogens is 2. The van der Waals surface area contributed by atoms with Crippen molar-refractivity contribution in [2.24, 2.45) is 0 Å². The summed E-state index contributed by atoms with van der Waals surface area (Å²) in [5, 5.41) is 4.69. The molecule has 0 aliphatic heterocycles. The van der Waals surface area contributed by atoms with Crippen molar-refractivity contribution in [2.45, 2.75) is 25.8 Å². The maximum absolute atomic E-state index is 6.15. The van der Waals surface area contributed by atoms with Crippen LogP contribution >= 0.6 is 23.2 Å². The zero-order valence-electron chi connectivity index (χ0n) is 9.47. The first-order chi connectivity index (χ1) is 7.69. The summed E-state index contributed by atoms with van der Waals surface area (Å²) in [6.45, 7) is 6.80. The zero-order chi connectivity index (χ0) is 12.0. The van der Waals surface area contributed by atoms with Gasteiger partial charge in [0.15, 0.2) is 0 Å². The SMILES string of the molecule is C=CCC(Cc1cccc(Cl)c1Cl)NCC. The molecule has 0 saturated heterocycles. The van der Waals surface area contributed by atoms with E-state index in [2.05, 4.69) is 18.8 Å². The molecule has 0 spiro atoms. The van der Waals surface area contributed by atoms with Gasteiger partial charge in [0.2, 0.25) is 0 Å². The van der Waals surface area contributed by atoms with Crippen LogP contribution in [0.2, 0.25) is 10.0 Å². The van der Waals surface area contributed by atoms with Crippen LogP contribution in [0.25, 0.3) is 0 Å². The summed E-state index contributed by atoms with van der Waals surface area (Å²) in [5.74, 6) is 0. The molecule has 16 heavy (non-hydrogen) atoms. The van der Waals surface area contributed by atoms with E-state index in [1.165, 1.54) is 0 Å². The summed E-state index contributed by atoms with van der Waals surface area (Å²) < 4.78 is 0. The zero-order valence-corrected chi connectivity index (χ0v) is 11.0. The Morgan fingerprint density at radius 1 is 1.44 bits per heavy atom. The van der Waals surface area contributed by atoms with Crippen LogP contribution in [0.5, 0.6) is 0 Å².